The third-order valence-corrected chi connectivity index (χ3v) is 9.53. The van der Waals surface area contributed by atoms with Gasteiger partial charge in [-0.05, 0) is 82.3 Å². The Hall–Kier alpha value is -1.72. The molecule has 10 heteroatoms. The summed E-state index contributed by atoms with van der Waals surface area (Å²) in [7, 11) is 1.22. The van der Waals surface area contributed by atoms with Crippen molar-refractivity contribution in [2.75, 3.05) is 67.2 Å². The Morgan fingerprint density at radius 3 is 2.39 bits per heavy atom. The van der Waals surface area contributed by atoms with E-state index in [9.17, 15) is 13.2 Å². The van der Waals surface area contributed by atoms with Crippen LogP contribution in [-0.2, 0) is 24.3 Å². The first-order valence-corrected chi connectivity index (χ1v) is 14.4. The van der Waals surface area contributed by atoms with E-state index >= 15 is 0 Å². The lowest BCUT2D eigenvalue weighted by molar-refractivity contribution is -0.138. The van der Waals surface area contributed by atoms with E-state index in [0.29, 0.717) is 16.9 Å². The molecule has 1 aromatic rings. The Morgan fingerprint density at radius 1 is 1.08 bits per heavy atom. The third kappa shape index (κ3) is 7.41. The zero-order valence-corrected chi connectivity index (χ0v) is 23.3. The van der Waals surface area contributed by atoms with Gasteiger partial charge in [0.1, 0.15) is 12.4 Å². The number of carbonyl (C=O) groups is 1. The lowest BCUT2D eigenvalue weighted by Crippen LogP contribution is -2.44. The fourth-order valence-electron chi connectivity index (χ4n) is 4.95. The lowest BCUT2D eigenvalue weighted by Gasteiger charge is -2.36. The van der Waals surface area contributed by atoms with Crippen LogP contribution >= 0.6 is 0 Å². The van der Waals surface area contributed by atoms with Gasteiger partial charge in [0.2, 0.25) is 15.9 Å². The normalized spacial score (nSPS) is 20.8. The fraction of sp³-hybridized carbons (Fsp3) is 0.731. The Kier molecular flexibility index (Phi) is 10.6. The standard InChI is InChI=1S/C26H43N3O6S/c1-20-16-24(33-5)17-21(2)26(20)36(31,32)27(3)12-14-34-19-25(30)28(4)22-8-6-9-23(18-22)35-15-13-29-10-7-11-29/h16-17,22-23H,6-15,18-19H2,1-5H3/t22?,23-/m0/s1. The van der Waals surface area contributed by atoms with Gasteiger partial charge in [-0.15, -0.1) is 0 Å². The lowest BCUT2D eigenvalue weighted by atomic mass is 9.92. The molecule has 0 spiro atoms. The van der Waals surface area contributed by atoms with E-state index in [2.05, 4.69) is 4.90 Å². The van der Waals surface area contributed by atoms with Crippen LogP contribution in [0.5, 0.6) is 5.75 Å². The van der Waals surface area contributed by atoms with Crippen molar-refractivity contribution in [2.24, 2.45) is 0 Å². The van der Waals surface area contributed by atoms with Crippen LogP contribution in [0.25, 0.3) is 0 Å². The van der Waals surface area contributed by atoms with Crippen LogP contribution < -0.4 is 4.74 Å². The molecule has 1 unspecified atom stereocenters. The smallest absolute Gasteiger partial charge is 0.248 e. The SMILES string of the molecule is COc1cc(C)c(S(=O)(=O)N(C)CCOCC(=O)N(C)C2CCC[C@H](OCCN3CCC3)C2)c(C)c1. The van der Waals surface area contributed by atoms with Crippen LogP contribution in [0, 0.1) is 13.8 Å². The molecule has 0 bridgehead atoms. The summed E-state index contributed by atoms with van der Waals surface area (Å²) in [6.45, 7) is 7.84. The number of carbonyl (C=O) groups excluding carboxylic acids is 1. The number of nitrogens with zero attached hydrogens (tertiary/aromatic N) is 3. The molecule has 1 heterocycles. The highest BCUT2D eigenvalue weighted by Gasteiger charge is 2.29. The first-order valence-electron chi connectivity index (χ1n) is 12.9. The summed E-state index contributed by atoms with van der Waals surface area (Å²) in [5.74, 6) is 0.536. The number of hydrogen-bond donors (Lipinski definition) is 0. The number of rotatable bonds is 13. The summed E-state index contributed by atoms with van der Waals surface area (Å²) >= 11 is 0. The summed E-state index contributed by atoms with van der Waals surface area (Å²) in [5.41, 5.74) is 1.26. The van der Waals surface area contributed by atoms with Crippen LogP contribution in [-0.4, -0.2) is 108 Å². The molecule has 2 aliphatic rings. The van der Waals surface area contributed by atoms with Gasteiger partial charge in [0, 0.05) is 33.2 Å². The van der Waals surface area contributed by atoms with E-state index in [0.717, 1.165) is 38.8 Å². The second kappa shape index (κ2) is 13.2. The number of amides is 1. The molecular weight excluding hydrogens is 482 g/mol. The number of benzene rings is 1. The Labute approximate surface area is 216 Å². The number of methoxy groups -OCH3 is 1. The number of hydrogen-bond acceptors (Lipinski definition) is 7. The van der Waals surface area contributed by atoms with Gasteiger partial charge in [0.05, 0.1) is 31.3 Å². The maximum atomic E-state index is 13.1. The molecule has 1 saturated heterocycles. The van der Waals surface area contributed by atoms with Crippen molar-refractivity contribution in [3.8, 4) is 5.75 Å². The molecule has 1 aliphatic carbocycles. The molecular formula is C26H43N3O6S. The summed E-state index contributed by atoms with van der Waals surface area (Å²) in [4.78, 5) is 17.2. The average Bonchev–Trinajstić information content (AvgIpc) is 2.82. The molecule has 0 aromatic heterocycles. The Bertz CT molecular complexity index is 959. The molecule has 36 heavy (non-hydrogen) atoms. The van der Waals surface area contributed by atoms with Gasteiger partial charge in [0.25, 0.3) is 0 Å². The summed E-state index contributed by atoms with van der Waals surface area (Å²) in [6.07, 6.45) is 5.39. The second-order valence-corrected chi connectivity index (χ2v) is 12.0. The molecule has 1 saturated carbocycles. The highest BCUT2D eigenvalue weighted by molar-refractivity contribution is 7.89. The molecule has 0 radical (unpaired) electrons. The molecule has 204 valence electrons. The van der Waals surface area contributed by atoms with Crippen LogP contribution in [0.15, 0.2) is 17.0 Å². The van der Waals surface area contributed by atoms with Crippen LogP contribution in [0.4, 0.5) is 0 Å². The second-order valence-electron chi connectivity index (χ2n) is 9.98. The topological polar surface area (TPSA) is 88.6 Å². The number of ether oxygens (including phenoxy) is 3. The van der Waals surface area contributed by atoms with Gasteiger partial charge >= 0.3 is 0 Å². The number of sulfonamides is 1. The molecule has 0 N–H and O–H groups in total. The van der Waals surface area contributed by atoms with Gasteiger partial charge in [0.15, 0.2) is 0 Å². The van der Waals surface area contributed by atoms with Crippen LogP contribution in [0.1, 0.15) is 43.2 Å². The van der Waals surface area contributed by atoms with E-state index in [1.54, 1.807) is 38.0 Å². The molecule has 1 aliphatic heterocycles. The van der Waals surface area contributed by atoms with Gasteiger partial charge in [-0.3, -0.25) is 4.79 Å². The first-order chi connectivity index (χ1) is 17.1. The van der Waals surface area contributed by atoms with Crippen molar-refractivity contribution in [3.05, 3.63) is 23.3 Å². The summed E-state index contributed by atoms with van der Waals surface area (Å²) in [5, 5.41) is 0. The minimum absolute atomic E-state index is 0.0675. The minimum Gasteiger partial charge on any atom is -0.497 e. The minimum atomic E-state index is -3.69. The van der Waals surface area contributed by atoms with Gasteiger partial charge in [-0.2, -0.15) is 4.31 Å². The van der Waals surface area contributed by atoms with Gasteiger partial charge in [-0.1, -0.05) is 0 Å². The predicted molar refractivity (Wildman–Crippen MR) is 139 cm³/mol. The molecule has 2 fully saturated rings. The summed E-state index contributed by atoms with van der Waals surface area (Å²) < 4.78 is 44.4. The molecule has 3 rings (SSSR count). The first kappa shape index (κ1) is 28.8. The fourth-order valence-corrected chi connectivity index (χ4v) is 6.50. The predicted octanol–water partition coefficient (Wildman–Crippen LogP) is 2.44. The quantitative estimate of drug-likeness (QED) is 0.366. The highest BCUT2D eigenvalue weighted by atomic mass is 32.2. The van der Waals surface area contributed by atoms with E-state index in [-0.39, 0.29) is 42.7 Å². The summed E-state index contributed by atoms with van der Waals surface area (Å²) in [6, 6.07) is 3.57. The molecule has 1 aromatic carbocycles. The van der Waals surface area contributed by atoms with Crippen molar-refractivity contribution in [1.29, 1.82) is 0 Å². The van der Waals surface area contributed by atoms with Crippen molar-refractivity contribution < 1.29 is 27.4 Å². The van der Waals surface area contributed by atoms with E-state index in [4.69, 9.17) is 14.2 Å². The molecule has 2 atom stereocenters. The van der Waals surface area contributed by atoms with Gasteiger partial charge < -0.3 is 24.0 Å². The largest absolute Gasteiger partial charge is 0.497 e. The van der Waals surface area contributed by atoms with E-state index < -0.39 is 10.0 Å². The maximum absolute atomic E-state index is 13.1. The zero-order chi connectivity index (χ0) is 26.3. The van der Waals surface area contributed by atoms with Crippen molar-refractivity contribution >= 4 is 15.9 Å². The molecule has 1 amide bonds. The Balaban J connectivity index is 1.41. The molecule has 9 nitrogen and oxygen atoms in total. The third-order valence-electron chi connectivity index (χ3n) is 7.36. The average molecular weight is 526 g/mol. The highest BCUT2D eigenvalue weighted by Crippen LogP contribution is 2.28. The van der Waals surface area contributed by atoms with E-state index in [1.165, 1.54) is 30.9 Å². The van der Waals surface area contributed by atoms with Crippen molar-refractivity contribution in [3.63, 3.8) is 0 Å². The monoisotopic (exact) mass is 525 g/mol. The number of aryl methyl sites for hydroxylation is 2. The maximum Gasteiger partial charge on any atom is 0.248 e. The van der Waals surface area contributed by atoms with Crippen LogP contribution in [0.2, 0.25) is 0 Å². The van der Waals surface area contributed by atoms with Gasteiger partial charge in [-0.25, -0.2) is 8.42 Å². The number of likely N-dealkylation sites (N-methyl/N-ethyl adjacent to an activating group) is 2. The number of likely N-dealkylation sites (tertiary alicyclic amines) is 1. The van der Waals surface area contributed by atoms with E-state index in [1.807, 2.05) is 7.05 Å². The van der Waals surface area contributed by atoms with Crippen molar-refractivity contribution in [2.45, 2.75) is 63.0 Å². The Morgan fingerprint density at radius 2 is 1.78 bits per heavy atom. The van der Waals surface area contributed by atoms with Crippen LogP contribution in [0.3, 0.4) is 0 Å². The zero-order valence-electron chi connectivity index (χ0n) is 22.5. The van der Waals surface area contributed by atoms with Crippen molar-refractivity contribution in [1.82, 2.24) is 14.1 Å².